The quantitative estimate of drug-likeness (QED) is 0.845. The van der Waals surface area contributed by atoms with Gasteiger partial charge in [0.1, 0.15) is 17.6 Å². The Balaban J connectivity index is 2.28. The number of hydrogen-bond donors (Lipinski definition) is 0. The molecule has 1 heterocycles. The molecule has 1 aromatic carbocycles. The van der Waals surface area contributed by atoms with Gasteiger partial charge in [-0.1, -0.05) is 11.8 Å². The number of alkyl halides is 3. The van der Waals surface area contributed by atoms with Crippen LogP contribution >= 0.6 is 11.8 Å². The number of halogens is 3. The summed E-state index contributed by atoms with van der Waals surface area (Å²) in [4.78, 5) is 23.2. The Morgan fingerprint density at radius 3 is 2.41 bits per heavy atom. The van der Waals surface area contributed by atoms with Crippen LogP contribution in [0.5, 0.6) is 17.2 Å². The van der Waals surface area contributed by atoms with Crippen LogP contribution in [0.15, 0.2) is 12.1 Å². The van der Waals surface area contributed by atoms with Crippen molar-refractivity contribution in [1.82, 2.24) is 0 Å². The predicted octanol–water partition coefficient (Wildman–Crippen LogP) is 2.47. The Kier molecular flexibility index (Phi) is 4.55. The normalized spacial score (nSPS) is 17.5. The smallest absolute Gasteiger partial charge is 0.460 e. The van der Waals surface area contributed by atoms with Gasteiger partial charge in [-0.05, 0) is 6.07 Å². The molecule has 0 saturated carbocycles. The van der Waals surface area contributed by atoms with E-state index >= 15 is 0 Å². The Morgan fingerprint density at radius 1 is 1.27 bits per heavy atom. The molecule has 22 heavy (non-hydrogen) atoms. The molecule has 0 radical (unpaired) electrons. The average Bonchev–Trinajstić information content (AvgIpc) is 2.47. The molecule has 0 saturated heterocycles. The molecule has 1 unspecified atom stereocenters. The monoisotopic (exact) mass is 336 g/mol. The molecular formula is C13H11F3O5S. The van der Waals surface area contributed by atoms with Crippen LogP contribution < -0.4 is 14.2 Å². The first-order chi connectivity index (χ1) is 10.3. The molecule has 0 amide bonds. The first kappa shape index (κ1) is 16.5. The molecule has 0 aromatic heterocycles. The zero-order chi connectivity index (χ0) is 16.5. The number of hydrogen-bond acceptors (Lipinski definition) is 6. The van der Waals surface area contributed by atoms with Crippen LogP contribution in [0.4, 0.5) is 13.2 Å². The summed E-state index contributed by atoms with van der Waals surface area (Å²) in [7, 11) is 2.76. The summed E-state index contributed by atoms with van der Waals surface area (Å²) in [5.74, 6) is 0.126. The number of Topliss-reactive ketones (excluding diaryl/α,β-unsaturated/α-hetero) is 1. The van der Waals surface area contributed by atoms with Crippen LogP contribution in [-0.2, 0) is 4.79 Å². The van der Waals surface area contributed by atoms with E-state index in [0.29, 0.717) is 5.75 Å². The predicted molar refractivity (Wildman–Crippen MR) is 71.8 cm³/mol. The van der Waals surface area contributed by atoms with E-state index in [9.17, 15) is 22.8 Å². The SMILES string of the molecule is COc1cc2c(cc1OC)C(=O)C(SC(=O)C(F)(F)F)CO2. The van der Waals surface area contributed by atoms with Gasteiger partial charge >= 0.3 is 6.18 Å². The molecule has 0 N–H and O–H groups in total. The van der Waals surface area contributed by atoms with Gasteiger partial charge < -0.3 is 14.2 Å². The fraction of sp³-hybridized carbons (Fsp3) is 0.385. The number of rotatable bonds is 3. The van der Waals surface area contributed by atoms with E-state index in [4.69, 9.17) is 14.2 Å². The van der Waals surface area contributed by atoms with Gasteiger partial charge in [0.25, 0.3) is 5.12 Å². The number of carbonyl (C=O) groups is 2. The number of carbonyl (C=O) groups excluding carboxylic acids is 2. The molecule has 0 spiro atoms. The highest BCUT2D eigenvalue weighted by Gasteiger charge is 2.43. The summed E-state index contributed by atoms with van der Waals surface area (Å²) in [6.45, 7) is -0.326. The van der Waals surface area contributed by atoms with E-state index in [2.05, 4.69) is 0 Å². The fourth-order valence-corrected chi connectivity index (χ4v) is 2.63. The van der Waals surface area contributed by atoms with E-state index < -0.39 is 22.3 Å². The first-order valence-corrected chi connectivity index (χ1v) is 6.86. The average molecular weight is 336 g/mol. The minimum Gasteiger partial charge on any atom is -0.493 e. The van der Waals surface area contributed by atoms with E-state index in [1.54, 1.807) is 0 Å². The zero-order valence-corrected chi connectivity index (χ0v) is 12.3. The van der Waals surface area contributed by atoms with E-state index in [1.807, 2.05) is 0 Å². The third kappa shape index (κ3) is 3.13. The lowest BCUT2D eigenvalue weighted by Gasteiger charge is -2.24. The van der Waals surface area contributed by atoms with Gasteiger partial charge in [0.15, 0.2) is 17.3 Å². The number of thioether (sulfide) groups is 1. The van der Waals surface area contributed by atoms with Crippen molar-refractivity contribution in [1.29, 1.82) is 0 Å². The van der Waals surface area contributed by atoms with Crippen molar-refractivity contribution in [2.75, 3.05) is 20.8 Å². The highest BCUT2D eigenvalue weighted by molar-refractivity contribution is 8.14. The number of ketones is 1. The molecule has 0 aliphatic carbocycles. The first-order valence-electron chi connectivity index (χ1n) is 5.98. The topological polar surface area (TPSA) is 61.8 Å². The molecule has 9 heteroatoms. The molecule has 1 aromatic rings. The van der Waals surface area contributed by atoms with Gasteiger partial charge in [-0.2, -0.15) is 13.2 Å². The lowest BCUT2D eigenvalue weighted by molar-refractivity contribution is -0.160. The van der Waals surface area contributed by atoms with Crippen LogP contribution in [0, 0.1) is 0 Å². The van der Waals surface area contributed by atoms with Crippen LogP contribution in [0.3, 0.4) is 0 Å². The Bertz CT molecular complexity index is 614. The molecule has 0 bridgehead atoms. The summed E-state index contributed by atoms with van der Waals surface area (Å²) >= 11 is -0.0879. The van der Waals surface area contributed by atoms with Gasteiger partial charge in [-0.25, -0.2) is 0 Å². The molecule has 1 aliphatic heterocycles. The Hall–Kier alpha value is -1.90. The maximum absolute atomic E-state index is 12.3. The molecular weight excluding hydrogens is 325 g/mol. The third-order valence-electron chi connectivity index (χ3n) is 2.91. The largest absolute Gasteiger partial charge is 0.493 e. The fourth-order valence-electron chi connectivity index (χ4n) is 1.87. The second-order valence-corrected chi connectivity index (χ2v) is 5.45. The standard InChI is InChI=1S/C13H11F3O5S/c1-19-8-3-6-7(4-9(8)20-2)21-5-10(11(6)17)22-12(18)13(14,15)16/h3-4,10H,5H2,1-2H3. The van der Waals surface area contributed by atoms with Gasteiger partial charge in [0.2, 0.25) is 0 Å². The molecule has 5 nitrogen and oxygen atoms in total. The summed E-state index contributed by atoms with van der Waals surface area (Å²) in [6.07, 6.45) is -5.00. The van der Waals surface area contributed by atoms with Crippen molar-refractivity contribution in [3.05, 3.63) is 17.7 Å². The lowest BCUT2D eigenvalue weighted by atomic mass is 10.0. The van der Waals surface area contributed by atoms with Crippen LogP contribution in [-0.4, -0.2) is 43.2 Å². The van der Waals surface area contributed by atoms with Gasteiger partial charge in [0, 0.05) is 6.07 Å². The molecule has 0 fully saturated rings. The van der Waals surface area contributed by atoms with Crippen molar-refractivity contribution in [2.24, 2.45) is 0 Å². The lowest BCUT2D eigenvalue weighted by Crippen LogP contribution is -2.34. The second-order valence-electron chi connectivity index (χ2n) is 4.27. The van der Waals surface area contributed by atoms with Crippen molar-refractivity contribution in [3.8, 4) is 17.2 Å². The van der Waals surface area contributed by atoms with E-state index in [0.717, 1.165) is 0 Å². The highest BCUT2D eigenvalue weighted by atomic mass is 32.2. The number of fused-ring (bicyclic) bond motifs is 1. The maximum atomic E-state index is 12.3. The van der Waals surface area contributed by atoms with Crippen molar-refractivity contribution in [3.63, 3.8) is 0 Å². The molecule has 120 valence electrons. The number of methoxy groups -OCH3 is 2. The van der Waals surface area contributed by atoms with Crippen molar-refractivity contribution >= 4 is 22.7 Å². The van der Waals surface area contributed by atoms with Crippen molar-refractivity contribution < 1.29 is 37.0 Å². The second kappa shape index (κ2) is 6.07. The summed E-state index contributed by atoms with van der Waals surface area (Å²) in [5.41, 5.74) is 0.0522. The summed E-state index contributed by atoms with van der Waals surface area (Å²) in [6, 6.07) is 2.74. The van der Waals surface area contributed by atoms with Gasteiger partial charge in [-0.3, -0.25) is 9.59 Å². The molecule has 2 rings (SSSR count). The maximum Gasteiger partial charge on any atom is 0.460 e. The van der Waals surface area contributed by atoms with Gasteiger partial charge in [0.05, 0.1) is 19.8 Å². The van der Waals surface area contributed by atoms with Gasteiger partial charge in [-0.15, -0.1) is 0 Å². The van der Waals surface area contributed by atoms with E-state index in [-0.39, 0.29) is 35.4 Å². The summed E-state index contributed by atoms with van der Waals surface area (Å²) < 4.78 is 52.2. The summed E-state index contributed by atoms with van der Waals surface area (Å²) in [5, 5.41) is -3.28. The molecule has 1 aliphatic rings. The van der Waals surface area contributed by atoms with Crippen LogP contribution in [0.25, 0.3) is 0 Å². The number of ether oxygens (including phenoxy) is 3. The van der Waals surface area contributed by atoms with Crippen molar-refractivity contribution in [2.45, 2.75) is 11.4 Å². The minimum absolute atomic E-state index is 0.0522. The van der Waals surface area contributed by atoms with Crippen LogP contribution in [0.1, 0.15) is 10.4 Å². The van der Waals surface area contributed by atoms with E-state index in [1.165, 1.54) is 26.4 Å². The Labute approximate surface area is 127 Å². The number of benzene rings is 1. The third-order valence-corrected chi connectivity index (χ3v) is 3.99. The molecule has 1 atom stereocenters. The zero-order valence-electron chi connectivity index (χ0n) is 11.5. The highest BCUT2D eigenvalue weighted by Crippen LogP contribution is 2.39. The van der Waals surface area contributed by atoms with Crippen LogP contribution in [0.2, 0.25) is 0 Å². The minimum atomic E-state index is -5.00. The Morgan fingerprint density at radius 2 is 1.86 bits per heavy atom.